The van der Waals surface area contributed by atoms with Gasteiger partial charge in [0.25, 0.3) is 0 Å². The molecule has 0 aliphatic heterocycles. The predicted octanol–water partition coefficient (Wildman–Crippen LogP) is 0.114. The number of amides is 2. The summed E-state index contributed by atoms with van der Waals surface area (Å²) in [6.07, 6.45) is 4.46. The zero-order chi connectivity index (χ0) is 9.68. The molecule has 13 heavy (non-hydrogen) atoms. The molecule has 1 rings (SSSR count). The van der Waals surface area contributed by atoms with E-state index >= 15 is 0 Å². The average Bonchev–Trinajstić information content (AvgIpc) is 2.52. The molecule has 0 saturated carbocycles. The van der Waals surface area contributed by atoms with E-state index in [-0.39, 0.29) is 0 Å². The molecule has 0 aliphatic carbocycles. The van der Waals surface area contributed by atoms with Gasteiger partial charge in [0.15, 0.2) is 0 Å². The Morgan fingerprint density at radius 2 is 2.54 bits per heavy atom. The van der Waals surface area contributed by atoms with Crippen LogP contribution < -0.4 is 11.1 Å². The van der Waals surface area contributed by atoms with E-state index in [0.29, 0.717) is 6.54 Å². The van der Waals surface area contributed by atoms with Gasteiger partial charge >= 0.3 is 6.03 Å². The van der Waals surface area contributed by atoms with E-state index < -0.39 is 6.03 Å². The number of aryl methyl sites for hydroxylation is 1. The smallest absolute Gasteiger partial charge is 0.312 e. The lowest BCUT2D eigenvalue weighted by Gasteiger charge is -1.97. The van der Waals surface area contributed by atoms with Crippen molar-refractivity contribution in [3.8, 4) is 0 Å². The fourth-order valence-electron chi connectivity index (χ4n) is 1.02. The Morgan fingerprint density at radius 1 is 1.77 bits per heavy atom. The summed E-state index contributed by atoms with van der Waals surface area (Å²) in [5, 5.41) is 2.51. The summed E-state index contributed by atoms with van der Waals surface area (Å²) in [6, 6.07) is -0.491. The molecule has 0 fully saturated rings. The molecule has 1 heterocycles. The van der Waals surface area contributed by atoms with Crippen molar-refractivity contribution in [1.29, 1.82) is 0 Å². The average molecular weight is 182 g/mol. The van der Waals surface area contributed by atoms with Gasteiger partial charge in [-0.15, -0.1) is 0 Å². The molecule has 1 aromatic heterocycles. The van der Waals surface area contributed by atoms with Crippen LogP contribution in [-0.2, 0) is 13.0 Å². The molecule has 5 nitrogen and oxygen atoms in total. The lowest BCUT2D eigenvalue weighted by molar-refractivity contribution is 0.249. The van der Waals surface area contributed by atoms with Gasteiger partial charge in [0.1, 0.15) is 0 Å². The summed E-state index contributed by atoms with van der Waals surface area (Å²) in [4.78, 5) is 14.5. The van der Waals surface area contributed by atoms with Gasteiger partial charge in [0.2, 0.25) is 0 Å². The lowest BCUT2D eigenvalue weighted by atomic mass is 10.3. The maximum atomic E-state index is 10.3. The minimum absolute atomic E-state index is 0.491. The van der Waals surface area contributed by atoms with Crippen LogP contribution >= 0.6 is 0 Å². The number of carbonyl (C=O) groups is 1. The fourth-order valence-corrected chi connectivity index (χ4v) is 1.02. The van der Waals surface area contributed by atoms with Gasteiger partial charge in [-0.3, -0.25) is 0 Å². The maximum absolute atomic E-state index is 10.3. The maximum Gasteiger partial charge on any atom is 0.312 e. The van der Waals surface area contributed by atoms with E-state index in [1.54, 1.807) is 6.33 Å². The molecule has 1 aromatic rings. The van der Waals surface area contributed by atoms with Crippen LogP contribution in [0, 0.1) is 0 Å². The first-order chi connectivity index (χ1) is 6.22. The predicted molar refractivity (Wildman–Crippen MR) is 49.2 cm³/mol. The number of imidazole rings is 1. The van der Waals surface area contributed by atoms with Crippen molar-refractivity contribution in [2.75, 3.05) is 6.54 Å². The Hall–Kier alpha value is -1.52. The molecular formula is C8H14N4O. The summed E-state index contributed by atoms with van der Waals surface area (Å²) < 4.78 is 1.99. The second-order valence-electron chi connectivity index (χ2n) is 2.74. The van der Waals surface area contributed by atoms with E-state index in [0.717, 1.165) is 18.7 Å². The second kappa shape index (κ2) is 4.49. The number of urea groups is 1. The molecule has 0 bridgehead atoms. The van der Waals surface area contributed by atoms with Crippen molar-refractivity contribution in [1.82, 2.24) is 14.9 Å². The first kappa shape index (κ1) is 9.57. The summed E-state index contributed by atoms with van der Waals surface area (Å²) in [5.74, 6) is 0. The first-order valence-electron chi connectivity index (χ1n) is 4.26. The number of aromatic nitrogens is 2. The number of carbonyl (C=O) groups excluding carboxylic acids is 1. The molecular weight excluding hydrogens is 168 g/mol. The largest absolute Gasteiger partial charge is 0.352 e. The Balaban J connectivity index is 2.32. The van der Waals surface area contributed by atoms with Crippen molar-refractivity contribution >= 4 is 6.03 Å². The summed E-state index contributed by atoms with van der Waals surface area (Å²) in [7, 11) is 0. The Kier molecular flexibility index (Phi) is 3.31. The third-order valence-electron chi connectivity index (χ3n) is 1.73. The minimum Gasteiger partial charge on any atom is -0.352 e. The molecule has 3 N–H and O–H groups in total. The molecule has 0 unspecified atom stereocenters. The van der Waals surface area contributed by atoms with Gasteiger partial charge in [0, 0.05) is 25.7 Å². The monoisotopic (exact) mass is 182 g/mol. The van der Waals surface area contributed by atoms with E-state index in [9.17, 15) is 4.79 Å². The van der Waals surface area contributed by atoms with Gasteiger partial charge in [-0.25, -0.2) is 9.78 Å². The van der Waals surface area contributed by atoms with E-state index in [4.69, 9.17) is 5.73 Å². The molecule has 0 spiro atoms. The summed E-state index contributed by atoms with van der Waals surface area (Å²) in [6.45, 7) is 3.50. The van der Waals surface area contributed by atoms with Crippen molar-refractivity contribution in [2.24, 2.45) is 5.73 Å². The van der Waals surface area contributed by atoms with Crippen LogP contribution in [0.25, 0.3) is 0 Å². The normalized spacial score (nSPS) is 9.92. The molecule has 0 aromatic carbocycles. The highest BCUT2D eigenvalue weighted by atomic mass is 16.2. The van der Waals surface area contributed by atoms with Crippen LogP contribution in [0.4, 0.5) is 4.79 Å². The molecule has 0 saturated heterocycles. The zero-order valence-corrected chi connectivity index (χ0v) is 7.66. The number of primary amides is 1. The number of rotatable bonds is 4. The fraction of sp³-hybridized carbons (Fsp3) is 0.500. The molecule has 0 atom stereocenters. The standard InChI is InChI=1S/C8H14N4O/c1-2-12-5-7(11-6-12)3-4-10-8(9)13/h5-6H,2-4H2,1H3,(H3,9,10,13). The topological polar surface area (TPSA) is 72.9 Å². The summed E-state index contributed by atoms with van der Waals surface area (Å²) in [5.41, 5.74) is 5.88. The third-order valence-corrected chi connectivity index (χ3v) is 1.73. The third kappa shape index (κ3) is 3.14. The highest BCUT2D eigenvalue weighted by Crippen LogP contribution is 1.95. The molecule has 72 valence electrons. The van der Waals surface area contributed by atoms with Gasteiger partial charge in [-0.1, -0.05) is 0 Å². The van der Waals surface area contributed by atoms with Crippen LogP contribution in [0.15, 0.2) is 12.5 Å². The zero-order valence-electron chi connectivity index (χ0n) is 7.66. The molecule has 2 amide bonds. The Morgan fingerprint density at radius 3 is 3.08 bits per heavy atom. The van der Waals surface area contributed by atoms with Crippen LogP contribution in [0.2, 0.25) is 0 Å². The number of nitrogens with one attached hydrogen (secondary N) is 1. The lowest BCUT2D eigenvalue weighted by Crippen LogP contribution is -2.30. The van der Waals surface area contributed by atoms with E-state index in [2.05, 4.69) is 10.3 Å². The first-order valence-corrected chi connectivity index (χ1v) is 4.26. The van der Waals surface area contributed by atoms with Crippen LogP contribution in [0.5, 0.6) is 0 Å². The van der Waals surface area contributed by atoms with E-state index in [1.807, 2.05) is 17.7 Å². The van der Waals surface area contributed by atoms with Crippen LogP contribution in [0.3, 0.4) is 0 Å². The van der Waals surface area contributed by atoms with Gasteiger partial charge in [-0.2, -0.15) is 0 Å². The van der Waals surface area contributed by atoms with Gasteiger partial charge < -0.3 is 15.6 Å². The number of hydrogen-bond donors (Lipinski definition) is 2. The number of nitrogens with two attached hydrogens (primary N) is 1. The number of hydrogen-bond acceptors (Lipinski definition) is 2. The van der Waals surface area contributed by atoms with Crippen molar-refractivity contribution in [3.63, 3.8) is 0 Å². The molecule has 0 radical (unpaired) electrons. The minimum atomic E-state index is -0.491. The van der Waals surface area contributed by atoms with Gasteiger partial charge in [-0.05, 0) is 6.92 Å². The molecule has 0 aliphatic rings. The van der Waals surface area contributed by atoms with E-state index in [1.165, 1.54) is 0 Å². The highest BCUT2D eigenvalue weighted by molar-refractivity contribution is 5.71. The van der Waals surface area contributed by atoms with Crippen molar-refractivity contribution in [3.05, 3.63) is 18.2 Å². The Bertz CT molecular complexity index is 281. The molecule has 5 heteroatoms. The van der Waals surface area contributed by atoms with Crippen LogP contribution in [0.1, 0.15) is 12.6 Å². The highest BCUT2D eigenvalue weighted by Gasteiger charge is 1.97. The quantitative estimate of drug-likeness (QED) is 0.693. The van der Waals surface area contributed by atoms with Crippen LogP contribution in [-0.4, -0.2) is 22.1 Å². The SMILES string of the molecule is CCn1cnc(CCNC(N)=O)c1. The Labute approximate surface area is 76.9 Å². The van der Waals surface area contributed by atoms with Gasteiger partial charge in [0.05, 0.1) is 12.0 Å². The second-order valence-corrected chi connectivity index (χ2v) is 2.74. The summed E-state index contributed by atoms with van der Waals surface area (Å²) >= 11 is 0. The van der Waals surface area contributed by atoms with Crippen molar-refractivity contribution in [2.45, 2.75) is 19.9 Å². The van der Waals surface area contributed by atoms with Crippen molar-refractivity contribution < 1.29 is 4.79 Å². The number of nitrogens with zero attached hydrogens (tertiary/aromatic N) is 2.